The van der Waals surface area contributed by atoms with Crippen molar-refractivity contribution in [3.8, 4) is 0 Å². The lowest BCUT2D eigenvalue weighted by Gasteiger charge is -2.07. The first-order valence-electron chi connectivity index (χ1n) is 6.48. The minimum atomic E-state index is -3.60. The van der Waals surface area contributed by atoms with Gasteiger partial charge in [-0.2, -0.15) is 0 Å². The van der Waals surface area contributed by atoms with Crippen LogP contribution in [0.4, 0.5) is 5.69 Å². The van der Waals surface area contributed by atoms with Crippen molar-refractivity contribution in [2.75, 3.05) is 0 Å². The van der Waals surface area contributed by atoms with E-state index in [1.807, 2.05) is 6.92 Å². The molecule has 6 heteroatoms. The Morgan fingerprint density at radius 2 is 1.76 bits per heavy atom. The summed E-state index contributed by atoms with van der Waals surface area (Å²) in [6, 6.07) is 12.6. The number of rotatable bonds is 5. The van der Waals surface area contributed by atoms with Gasteiger partial charge in [-0.05, 0) is 30.2 Å². The van der Waals surface area contributed by atoms with Gasteiger partial charge in [0.25, 0.3) is 5.69 Å². The summed E-state index contributed by atoms with van der Waals surface area (Å²) in [7, 11) is -3.60. The highest BCUT2D eigenvalue weighted by Gasteiger charge is 2.22. The predicted octanol–water partition coefficient (Wildman–Crippen LogP) is 3.13. The standard InChI is InChI=1S/C15H15NO4S/c1-2-12-8-9-15(16(17)18)13(10-12)11-21(19,20)14-6-4-3-5-7-14/h3-10H,2,11H2,1H3. The van der Waals surface area contributed by atoms with Crippen LogP contribution in [0.3, 0.4) is 0 Å². The highest BCUT2D eigenvalue weighted by atomic mass is 32.2. The van der Waals surface area contributed by atoms with Crippen LogP contribution in [-0.4, -0.2) is 13.3 Å². The summed E-state index contributed by atoms with van der Waals surface area (Å²) in [6.45, 7) is 1.91. The number of benzene rings is 2. The zero-order valence-corrected chi connectivity index (χ0v) is 12.3. The summed E-state index contributed by atoms with van der Waals surface area (Å²) in [6.07, 6.45) is 0.691. The minimum Gasteiger partial charge on any atom is -0.258 e. The summed E-state index contributed by atoms with van der Waals surface area (Å²) < 4.78 is 24.7. The van der Waals surface area contributed by atoms with E-state index in [9.17, 15) is 18.5 Å². The topological polar surface area (TPSA) is 77.3 Å². The molecule has 0 aromatic heterocycles. The van der Waals surface area contributed by atoms with Gasteiger partial charge in [0.15, 0.2) is 9.84 Å². The average molecular weight is 305 g/mol. The zero-order valence-electron chi connectivity index (χ0n) is 11.5. The molecule has 21 heavy (non-hydrogen) atoms. The number of nitro groups is 1. The van der Waals surface area contributed by atoms with E-state index in [1.165, 1.54) is 18.2 Å². The van der Waals surface area contributed by atoms with Crippen LogP contribution in [0.25, 0.3) is 0 Å². The summed E-state index contributed by atoms with van der Waals surface area (Å²) in [4.78, 5) is 10.7. The smallest absolute Gasteiger partial charge is 0.258 e. The SMILES string of the molecule is CCc1ccc([N+](=O)[O-])c(CS(=O)(=O)c2ccccc2)c1. The lowest BCUT2D eigenvalue weighted by molar-refractivity contribution is -0.385. The molecule has 0 radical (unpaired) electrons. The zero-order chi connectivity index (χ0) is 15.5. The molecule has 0 fully saturated rings. The van der Waals surface area contributed by atoms with Crippen LogP contribution < -0.4 is 0 Å². The Morgan fingerprint density at radius 1 is 1.10 bits per heavy atom. The summed E-state index contributed by atoms with van der Waals surface area (Å²) >= 11 is 0. The molecule has 0 saturated heterocycles. The number of sulfone groups is 1. The van der Waals surface area contributed by atoms with Gasteiger partial charge in [-0.15, -0.1) is 0 Å². The molecule has 5 nitrogen and oxygen atoms in total. The van der Waals surface area contributed by atoms with Crippen molar-refractivity contribution in [3.63, 3.8) is 0 Å². The molecule has 0 N–H and O–H groups in total. The predicted molar refractivity (Wildman–Crippen MR) is 79.8 cm³/mol. The van der Waals surface area contributed by atoms with Gasteiger partial charge in [-0.1, -0.05) is 31.2 Å². The van der Waals surface area contributed by atoms with Gasteiger partial charge in [0.1, 0.15) is 0 Å². The van der Waals surface area contributed by atoms with Gasteiger partial charge in [0.2, 0.25) is 0 Å². The number of nitrogens with zero attached hydrogens (tertiary/aromatic N) is 1. The maximum atomic E-state index is 12.4. The molecule has 0 amide bonds. The van der Waals surface area contributed by atoms with Crippen LogP contribution in [0.5, 0.6) is 0 Å². The van der Waals surface area contributed by atoms with Crippen LogP contribution in [0.2, 0.25) is 0 Å². The van der Waals surface area contributed by atoms with E-state index >= 15 is 0 Å². The Morgan fingerprint density at radius 3 is 2.33 bits per heavy atom. The van der Waals surface area contributed by atoms with Crippen molar-refractivity contribution in [2.45, 2.75) is 24.0 Å². The van der Waals surface area contributed by atoms with Crippen molar-refractivity contribution in [2.24, 2.45) is 0 Å². The molecule has 2 rings (SSSR count). The Balaban J connectivity index is 2.45. The molecule has 0 unspecified atom stereocenters. The summed E-state index contributed by atoms with van der Waals surface area (Å²) in [5.74, 6) is -0.374. The van der Waals surface area contributed by atoms with Gasteiger partial charge in [-0.25, -0.2) is 8.42 Å². The van der Waals surface area contributed by atoms with Crippen LogP contribution in [0, 0.1) is 10.1 Å². The minimum absolute atomic E-state index is 0.160. The number of aryl methyl sites for hydroxylation is 1. The molecule has 110 valence electrons. The molecule has 0 atom stereocenters. The summed E-state index contributed by atoms with van der Waals surface area (Å²) in [5, 5.41) is 11.1. The van der Waals surface area contributed by atoms with Crippen LogP contribution in [0.15, 0.2) is 53.4 Å². The van der Waals surface area contributed by atoms with Crippen LogP contribution >= 0.6 is 0 Å². The molecule has 2 aromatic carbocycles. The maximum absolute atomic E-state index is 12.4. The van der Waals surface area contributed by atoms with Crippen LogP contribution in [-0.2, 0) is 22.0 Å². The molecule has 0 bridgehead atoms. The Hall–Kier alpha value is -2.21. The van der Waals surface area contributed by atoms with Crippen molar-refractivity contribution in [1.82, 2.24) is 0 Å². The molecule has 0 spiro atoms. The molecule has 2 aromatic rings. The Bertz CT molecular complexity index is 754. The molecule has 0 aliphatic rings. The van der Waals surface area contributed by atoms with E-state index in [0.717, 1.165) is 5.56 Å². The molecule has 0 aliphatic heterocycles. The van der Waals surface area contributed by atoms with Crippen LogP contribution in [0.1, 0.15) is 18.1 Å². The summed E-state index contributed by atoms with van der Waals surface area (Å²) in [5.41, 5.74) is 0.939. The molecular weight excluding hydrogens is 290 g/mol. The molecule has 0 aliphatic carbocycles. The third-order valence-electron chi connectivity index (χ3n) is 3.20. The van der Waals surface area contributed by atoms with Gasteiger partial charge in [0, 0.05) is 11.6 Å². The first kappa shape index (κ1) is 15.2. The lowest BCUT2D eigenvalue weighted by Crippen LogP contribution is -2.07. The van der Waals surface area contributed by atoms with Crippen molar-refractivity contribution in [3.05, 3.63) is 69.8 Å². The number of hydrogen-bond acceptors (Lipinski definition) is 4. The first-order chi connectivity index (χ1) is 9.94. The highest BCUT2D eigenvalue weighted by molar-refractivity contribution is 7.90. The van der Waals surface area contributed by atoms with E-state index in [4.69, 9.17) is 0 Å². The van der Waals surface area contributed by atoms with E-state index in [2.05, 4.69) is 0 Å². The second-order valence-corrected chi connectivity index (χ2v) is 6.64. The quantitative estimate of drug-likeness (QED) is 0.628. The van der Waals surface area contributed by atoms with E-state index in [0.29, 0.717) is 6.42 Å². The van der Waals surface area contributed by atoms with Crippen molar-refractivity contribution in [1.29, 1.82) is 0 Å². The Labute approximate surface area is 123 Å². The molecule has 0 saturated carbocycles. The van der Waals surface area contributed by atoms with Crippen molar-refractivity contribution >= 4 is 15.5 Å². The number of nitro benzene ring substituents is 1. The van der Waals surface area contributed by atoms with E-state index in [1.54, 1.807) is 30.3 Å². The average Bonchev–Trinajstić information content (AvgIpc) is 2.47. The molecule has 0 heterocycles. The third-order valence-corrected chi connectivity index (χ3v) is 4.88. The lowest BCUT2D eigenvalue weighted by atomic mass is 10.1. The monoisotopic (exact) mass is 305 g/mol. The second-order valence-electron chi connectivity index (χ2n) is 4.65. The van der Waals surface area contributed by atoms with Crippen molar-refractivity contribution < 1.29 is 13.3 Å². The van der Waals surface area contributed by atoms with Gasteiger partial charge in [0.05, 0.1) is 15.6 Å². The van der Waals surface area contributed by atoms with Gasteiger partial charge < -0.3 is 0 Å². The largest absolute Gasteiger partial charge is 0.273 e. The Kier molecular flexibility index (Phi) is 4.37. The first-order valence-corrected chi connectivity index (χ1v) is 8.13. The fraction of sp³-hybridized carbons (Fsp3) is 0.200. The van der Waals surface area contributed by atoms with Gasteiger partial charge in [-0.3, -0.25) is 10.1 Å². The maximum Gasteiger partial charge on any atom is 0.273 e. The third kappa shape index (κ3) is 3.46. The molecular formula is C15H15NO4S. The van der Waals surface area contributed by atoms with E-state index < -0.39 is 14.8 Å². The fourth-order valence-electron chi connectivity index (χ4n) is 2.07. The van der Waals surface area contributed by atoms with Gasteiger partial charge >= 0.3 is 0 Å². The highest BCUT2D eigenvalue weighted by Crippen LogP contribution is 2.25. The van der Waals surface area contributed by atoms with E-state index in [-0.39, 0.29) is 21.9 Å². The fourth-order valence-corrected chi connectivity index (χ4v) is 3.45. The number of hydrogen-bond donors (Lipinski definition) is 0. The normalized spacial score (nSPS) is 11.3. The second kappa shape index (κ2) is 6.05.